The minimum atomic E-state index is -0.625. The van der Waals surface area contributed by atoms with Crippen LogP contribution in [0.3, 0.4) is 0 Å². The van der Waals surface area contributed by atoms with Crippen molar-refractivity contribution in [3.63, 3.8) is 0 Å². The van der Waals surface area contributed by atoms with E-state index in [-0.39, 0.29) is 11.3 Å². The summed E-state index contributed by atoms with van der Waals surface area (Å²) in [6.45, 7) is 11.2. The lowest BCUT2D eigenvalue weighted by molar-refractivity contribution is -0.150. The van der Waals surface area contributed by atoms with Gasteiger partial charge in [-0.25, -0.2) is 0 Å². The lowest BCUT2D eigenvalue weighted by Crippen LogP contribution is -2.55. The number of carboxylic acids is 1. The topological polar surface area (TPSA) is 49.3 Å². The number of hydrogen-bond donors (Lipinski definition) is 2. The van der Waals surface area contributed by atoms with Gasteiger partial charge in [0.25, 0.3) is 0 Å². The van der Waals surface area contributed by atoms with Crippen LogP contribution in [-0.4, -0.2) is 34.7 Å². The number of thioether (sulfide) groups is 1. The van der Waals surface area contributed by atoms with E-state index in [1.165, 1.54) is 17.9 Å². The van der Waals surface area contributed by atoms with Gasteiger partial charge in [-0.1, -0.05) is 34.6 Å². The molecule has 0 radical (unpaired) electrons. The maximum Gasteiger partial charge on any atom is 0.307 e. The van der Waals surface area contributed by atoms with E-state index < -0.39 is 5.97 Å². The molecule has 2 aliphatic rings. The largest absolute Gasteiger partial charge is 0.481 e. The van der Waals surface area contributed by atoms with Crippen LogP contribution < -0.4 is 5.32 Å². The van der Waals surface area contributed by atoms with E-state index in [4.69, 9.17) is 0 Å². The Balaban J connectivity index is 2.00. The van der Waals surface area contributed by atoms with Crippen molar-refractivity contribution in [3.05, 3.63) is 0 Å². The lowest BCUT2D eigenvalue weighted by Gasteiger charge is -2.48. The summed E-state index contributed by atoms with van der Waals surface area (Å²) in [6.07, 6.45) is 3.02. The fraction of sp³-hybridized carbons (Fsp3) is 0.941. The molecule has 0 bridgehead atoms. The van der Waals surface area contributed by atoms with Crippen LogP contribution >= 0.6 is 11.8 Å². The molecule has 0 spiro atoms. The predicted octanol–water partition coefficient (Wildman–Crippen LogP) is 3.63. The molecule has 122 valence electrons. The maximum absolute atomic E-state index is 11.5. The van der Waals surface area contributed by atoms with Crippen molar-refractivity contribution in [3.8, 4) is 0 Å². The molecule has 1 heterocycles. The van der Waals surface area contributed by atoms with Crippen molar-refractivity contribution in [1.82, 2.24) is 5.32 Å². The molecule has 3 nitrogen and oxygen atoms in total. The molecule has 1 aliphatic carbocycles. The maximum atomic E-state index is 11.5. The second-order valence-corrected chi connectivity index (χ2v) is 9.46. The van der Waals surface area contributed by atoms with Crippen LogP contribution in [0.1, 0.15) is 53.9 Å². The summed E-state index contributed by atoms with van der Waals surface area (Å²) in [5.41, 5.74) is 0.274. The third-order valence-corrected chi connectivity index (χ3v) is 7.42. The molecular formula is C17H31NO2S. The predicted molar refractivity (Wildman–Crippen MR) is 89.7 cm³/mol. The second-order valence-electron chi connectivity index (χ2n) is 8.43. The highest BCUT2D eigenvalue weighted by Crippen LogP contribution is 2.45. The van der Waals surface area contributed by atoms with E-state index in [1.807, 2.05) is 11.8 Å². The van der Waals surface area contributed by atoms with Gasteiger partial charge in [0, 0.05) is 17.8 Å². The number of carbonyl (C=O) groups is 1. The van der Waals surface area contributed by atoms with Gasteiger partial charge in [0.1, 0.15) is 0 Å². The third-order valence-electron chi connectivity index (χ3n) is 5.80. The van der Waals surface area contributed by atoms with Crippen LogP contribution in [0.25, 0.3) is 0 Å². The van der Waals surface area contributed by atoms with Gasteiger partial charge in [0.15, 0.2) is 0 Å². The normalized spacial score (nSPS) is 38.9. The fourth-order valence-electron chi connectivity index (χ4n) is 4.15. The van der Waals surface area contributed by atoms with E-state index in [1.54, 1.807) is 0 Å². The van der Waals surface area contributed by atoms with Crippen LogP contribution in [0.2, 0.25) is 0 Å². The second kappa shape index (κ2) is 6.11. The van der Waals surface area contributed by atoms with Crippen molar-refractivity contribution in [1.29, 1.82) is 0 Å². The van der Waals surface area contributed by atoms with Crippen LogP contribution in [0.4, 0.5) is 0 Å². The Bertz CT molecular complexity index is 394. The van der Waals surface area contributed by atoms with Gasteiger partial charge < -0.3 is 10.4 Å². The van der Waals surface area contributed by atoms with E-state index in [0.29, 0.717) is 23.4 Å². The van der Waals surface area contributed by atoms with Crippen molar-refractivity contribution in [2.45, 2.75) is 66.0 Å². The lowest BCUT2D eigenvalue weighted by atomic mass is 9.61. The zero-order valence-electron chi connectivity index (χ0n) is 14.1. The average molecular weight is 314 g/mol. The highest BCUT2D eigenvalue weighted by atomic mass is 32.2. The molecule has 2 N–H and O–H groups in total. The molecule has 1 saturated heterocycles. The standard InChI is InChI=1S/C17H31NO2S/c1-11-14(7-6-13(15(19)20)17(11,4)5)18-12-8-16(2,3)10-21-9-12/h11-14,18H,6-10H2,1-5H3,(H,19,20). The van der Waals surface area contributed by atoms with Gasteiger partial charge in [0.2, 0.25) is 0 Å². The smallest absolute Gasteiger partial charge is 0.307 e. The summed E-state index contributed by atoms with van der Waals surface area (Å²) in [7, 11) is 0. The van der Waals surface area contributed by atoms with Crippen LogP contribution in [0.15, 0.2) is 0 Å². The molecule has 0 aromatic carbocycles. The van der Waals surface area contributed by atoms with Gasteiger partial charge in [-0.15, -0.1) is 0 Å². The van der Waals surface area contributed by atoms with Crippen molar-refractivity contribution < 1.29 is 9.90 Å². The summed E-state index contributed by atoms with van der Waals surface area (Å²) in [4.78, 5) is 11.5. The van der Waals surface area contributed by atoms with Crippen molar-refractivity contribution >= 4 is 17.7 Å². The summed E-state index contributed by atoms with van der Waals surface area (Å²) in [6, 6.07) is 1.03. The monoisotopic (exact) mass is 313 g/mol. The SMILES string of the molecule is CC1C(NC2CSCC(C)(C)C2)CCC(C(=O)O)C1(C)C. The van der Waals surface area contributed by atoms with Gasteiger partial charge in [-0.3, -0.25) is 4.79 Å². The van der Waals surface area contributed by atoms with Gasteiger partial charge in [-0.2, -0.15) is 11.8 Å². The Hall–Kier alpha value is -0.220. The molecule has 0 aromatic heterocycles. The first-order chi connectivity index (χ1) is 9.63. The molecule has 0 amide bonds. The highest BCUT2D eigenvalue weighted by Gasteiger charge is 2.46. The van der Waals surface area contributed by atoms with Gasteiger partial charge in [0.05, 0.1) is 5.92 Å². The summed E-state index contributed by atoms with van der Waals surface area (Å²) in [5.74, 6) is 2.00. The minimum absolute atomic E-state index is 0.140. The quantitative estimate of drug-likeness (QED) is 0.835. The Labute approximate surface area is 133 Å². The first-order valence-corrected chi connectivity index (χ1v) is 9.35. The van der Waals surface area contributed by atoms with E-state index >= 15 is 0 Å². The molecule has 4 heteroatoms. The third kappa shape index (κ3) is 3.76. The molecule has 1 saturated carbocycles. The molecular weight excluding hydrogens is 282 g/mol. The van der Waals surface area contributed by atoms with Crippen molar-refractivity contribution in [2.24, 2.45) is 22.7 Å². The number of carboxylic acid groups (broad SMARTS) is 1. The van der Waals surface area contributed by atoms with Crippen LogP contribution in [0.5, 0.6) is 0 Å². The molecule has 2 fully saturated rings. The molecule has 4 unspecified atom stereocenters. The Kier molecular flexibility index (Phi) is 4.99. The molecule has 2 rings (SSSR count). The van der Waals surface area contributed by atoms with Gasteiger partial charge >= 0.3 is 5.97 Å². The first kappa shape index (κ1) is 17.1. The zero-order chi connectivity index (χ0) is 15.8. The molecule has 1 aliphatic heterocycles. The number of aliphatic carboxylic acids is 1. The number of nitrogens with one attached hydrogen (secondary N) is 1. The summed E-state index contributed by atoms with van der Waals surface area (Å²) >= 11 is 2.05. The number of hydrogen-bond acceptors (Lipinski definition) is 3. The summed E-state index contributed by atoms with van der Waals surface area (Å²) < 4.78 is 0. The van der Waals surface area contributed by atoms with Crippen LogP contribution in [-0.2, 0) is 4.79 Å². The van der Waals surface area contributed by atoms with E-state index in [9.17, 15) is 9.90 Å². The Morgan fingerprint density at radius 3 is 2.48 bits per heavy atom. The zero-order valence-corrected chi connectivity index (χ0v) is 14.9. The summed E-state index contributed by atoms with van der Waals surface area (Å²) in [5, 5.41) is 13.3. The van der Waals surface area contributed by atoms with E-state index in [2.05, 4.69) is 39.9 Å². The van der Waals surface area contributed by atoms with E-state index in [0.717, 1.165) is 12.8 Å². The van der Waals surface area contributed by atoms with Gasteiger partial charge in [-0.05, 0) is 41.8 Å². The molecule has 21 heavy (non-hydrogen) atoms. The fourth-order valence-corrected chi connectivity index (χ4v) is 5.43. The number of rotatable bonds is 3. The first-order valence-electron chi connectivity index (χ1n) is 8.20. The Morgan fingerprint density at radius 2 is 1.90 bits per heavy atom. The molecule has 4 atom stereocenters. The molecule has 0 aromatic rings. The average Bonchev–Trinajstić information content (AvgIpc) is 2.33. The minimum Gasteiger partial charge on any atom is -0.481 e. The Morgan fingerprint density at radius 1 is 1.24 bits per heavy atom. The van der Waals surface area contributed by atoms with Crippen molar-refractivity contribution in [2.75, 3.05) is 11.5 Å². The highest BCUT2D eigenvalue weighted by molar-refractivity contribution is 7.99. The van der Waals surface area contributed by atoms with Crippen LogP contribution in [0, 0.1) is 22.7 Å².